The van der Waals surface area contributed by atoms with E-state index in [1.807, 2.05) is 30.1 Å². The van der Waals surface area contributed by atoms with E-state index in [9.17, 15) is 4.79 Å². The van der Waals surface area contributed by atoms with Crippen LogP contribution in [0.5, 0.6) is 0 Å². The van der Waals surface area contributed by atoms with Gasteiger partial charge in [0, 0.05) is 31.4 Å². The highest BCUT2D eigenvalue weighted by Gasteiger charge is 2.22. The Kier molecular flexibility index (Phi) is 5.99. The van der Waals surface area contributed by atoms with Gasteiger partial charge in [0.2, 0.25) is 5.91 Å². The number of aromatic nitrogens is 1. The minimum absolute atomic E-state index is 0.280. The van der Waals surface area contributed by atoms with E-state index < -0.39 is 0 Å². The Morgan fingerprint density at radius 3 is 2.85 bits per heavy atom. The van der Waals surface area contributed by atoms with Gasteiger partial charge in [-0.2, -0.15) is 0 Å². The van der Waals surface area contributed by atoms with Crippen LogP contribution in [0.4, 0.5) is 0 Å². The molecule has 1 aromatic heterocycles. The molecule has 0 aromatic carbocycles. The number of likely N-dealkylation sites (tertiary alicyclic amines) is 1. The van der Waals surface area contributed by atoms with E-state index in [0.29, 0.717) is 6.42 Å². The van der Waals surface area contributed by atoms with Crippen molar-refractivity contribution in [1.29, 1.82) is 0 Å². The lowest BCUT2D eigenvalue weighted by Crippen LogP contribution is -2.39. The highest BCUT2D eigenvalue weighted by molar-refractivity contribution is 5.76. The predicted octanol–water partition coefficient (Wildman–Crippen LogP) is 1.86. The Balaban J connectivity index is 1.69. The average molecular weight is 275 g/mol. The van der Waals surface area contributed by atoms with Crippen molar-refractivity contribution in [2.24, 2.45) is 5.92 Å². The van der Waals surface area contributed by atoms with Crippen molar-refractivity contribution >= 4 is 5.91 Å². The molecule has 1 aliphatic heterocycles. The van der Waals surface area contributed by atoms with Crippen molar-refractivity contribution in [1.82, 2.24) is 15.2 Å². The quantitative estimate of drug-likeness (QED) is 0.862. The van der Waals surface area contributed by atoms with Gasteiger partial charge in [-0.25, -0.2) is 0 Å². The number of nitrogens with one attached hydrogen (secondary N) is 1. The van der Waals surface area contributed by atoms with Crippen LogP contribution in [0.1, 0.15) is 31.4 Å². The van der Waals surface area contributed by atoms with E-state index in [4.69, 9.17) is 0 Å². The smallest absolute Gasteiger partial charge is 0.222 e. The monoisotopic (exact) mass is 275 g/mol. The lowest BCUT2D eigenvalue weighted by molar-refractivity contribution is -0.132. The fourth-order valence-electron chi connectivity index (χ4n) is 2.76. The van der Waals surface area contributed by atoms with Gasteiger partial charge in [0.25, 0.3) is 0 Å². The van der Waals surface area contributed by atoms with Gasteiger partial charge in [0.05, 0.1) is 0 Å². The third-order valence-electron chi connectivity index (χ3n) is 4.09. The summed E-state index contributed by atoms with van der Waals surface area (Å²) in [6.07, 6.45) is 6.64. The second-order valence-electron chi connectivity index (χ2n) is 5.54. The molecular weight excluding hydrogens is 250 g/mol. The molecule has 0 spiro atoms. The number of piperidine rings is 1. The van der Waals surface area contributed by atoms with Gasteiger partial charge in [-0.05, 0) is 57.3 Å². The Bertz CT molecular complexity index is 399. The molecule has 1 saturated heterocycles. The molecule has 20 heavy (non-hydrogen) atoms. The van der Waals surface area contributed by atoms with E-state index in [2.05, 4.69) is 10.3 Å². The van der Waals surface area contributed by atoms with Crippen molar-refractivity contribution in [2.75, 3.05) is 26.7 Å². The third-order valence-corrected chi connectivity index (χ3v) is 4.09. The molecule has 0 saturated carbocycles. The van der Waals surface area contributed by atoms with Crippen LogP contribution in [-0.2, 0) is 11.2 Å². The molecule has 4 nitrogen and oxygen atoms in total. The number of hydrogen-bond acceptors (Lipinski definition) is 3. The van der Waals surface area contributed by atoms with Gasteiger partial charge in [0.15, 0.2) is 0 Å². The fraction of sp³-hybridized carbons (Fsp3) is 0.625. The summed E-state index contributed by atoms with van der Waals surface area (Å²) in [5.41, 5.74) is 1.00. The molecule has 1 N–H and O–H groups in total. The maximum atomic E-state index is 12.2. The zero-order valence-electron chi connectivity index (χ0n) is 12.3. The lowest BCUT2D eigenvalue weighted by Gasteiger charge is -2.32. The van der Waals surface area contributed by atoms with Crippen molar-refractivity contribution in [2.45, 2.75) is 32.1 Å². The van der Waals surface area contributed by atoms with Crippen LogP contribution in [0.15, 0.2) is 24.4 Å². The molecule has 2 rings (SSSR count). The van der Waals surface area contributed by atoms with Gasteiger partial charge in [-0.15, -0.1) is 0 Å². The molecule has 0 bridgehead atoms. The van der Waals surface area contributed by atoms with Gasteiger partial charge in [-0.3, -0.25) is 9.78 Å². The van der Waals surface area contributed by atoms with Crippen LogP contribution < -0.4 is 5.32 Å². The summed E-state index contributed by atoms with van der Waals surface area (Å²) in [7, 11) is 2.00. The minimum Gasteiger partial charge on any atom is -0.343 e. The van der Waals surface area contributed by atoms with Gasteiger partial charge >= 0.3 is 0 Å². The summed E-state index contributed by atoms with van der Waals surface area (Å²) in [5, 5.41) is 3.20. The first-order valence-corrected chi connectivity index (χ1v) is 7.62. The van der Waals surface area contributed by atoms with E-state index in [-0.39, 0.29) is 5.91 Å². The van der Waals surface area contributed by atoms with Gasteiger partial charge in [-0.1, -0.05) is 6.07 Å². The molecule has 2 heterocycles. The molecule has 0 atom stereocenters. The van der Waals surface area contributed by atoms with Gasteiger partial charge < -0.3 is 10.2 Å². The van der Waals surface area contributed by atoms with Crippen LogP contribution in [0.25, 0.3) is 0 Å². The minimum atomic E-state index is 0.280. The van der Waals surface area contributed by atoms with Crippen molar-refractivity contribution < 1.29 is 4.79 Å². The predicted molar refractivity (Wildman–Crippen MR) is 80.4 cm³/mol. The number of carbonyl (C=O) groups excluding carboxylic acids is 1. The highest BCUT2D eigenvalue weighted by atomic mass is 16.2. The molecule has 4 heteroatoms. The first-order valence-electron chi connectivity index (χ1n) is 7.62. The van der Waals surface area contributed by atoms with Crippen molar-refractivity contribution in [3.05, 3.63) is 30.1 Å². The third kappa shape index (κ3) is 4.60. The van der Waals surface area contributed by atoms with Crippen LogP contribution in [0, 0.1) is 5.92 Å². The summed E-state index contributed by atoms with van der Waals surface area (Å²) in [5.74, 6) is 1.06. The number of carbonyl (C=O) groups is 1. The first-order chi connectivity index (χ1) is 9.79. The SMILES string of the molecule is CNCCC1CCN(C(=O)CCc2ccccn2)CC1. The highest BCUT2D eigenvalue weighted by Crippen LogP contribution is 2.20. The zero-order valence-corrected chi connectivity index (χ0v) is 12.3. The maximum Gasteiger partial charge on any atom is 0.222 e. The number of nitrogens with zero attached hydrogens (tertiary/aromatic N) is 2. The zero-order chi connectivity index (χ0) is 14.2. The standard InChI is InChI=1S/C16H25N3O/c1-17-11-7-14-8-12-19(13-9-14)16(20)6-5-15-4-2-3-10-18-15/h2-4,10,14,17H,5-9,11-13H2,1H3. The number of aryl methyl sites for hydroxylation is 1. The van der Waals surface area contributed by atoms with Gasteiger partial charge in [0.1, 0.15) is 0 Å². The largest absolute Gasteiger partial charge is 0.343 e. The van der Waals surface area contributed by atoms with Crippen LogP contribution in [0.2, 0.25) is 0 Å². The van der Waals surface area contributed by atoms with Crippen LogP contribution in [-0.4, -0.2) is 42.5 Å². The molecule has 1 aromatic rings. The molecule has 110 valence electrons. The lowest BCUT2D eigenvalue weighted by atomic mass is 9.93. The topological polar surface area (TPSA) is 45.2 Å². The summed E-state index contributed by atoms with van der Waals surface area (Å²) in [6.45, 7) is 2.93. The van der Waals surface area contributed by atoms with E-state index in [0.717, 1.165) is 50.5 Å². The van der Waals surface area contributed by atoms with Crippen molar-refractivity contribution in [3.63, 3.8) is 0 Å². The van der Waals surface area contributed by atoms with E-state index in [1.54, 1.807) is 6.20 Å². The number of amides is 1. The maximum absolute atomic E-state index is 12.2. The average Bonchev–Trinajstić information content (AvgIpc) is 2.52. The Morgan fingerprint density at radius 2 is 2.20 bits per heavy atom. The number of pyridine rings is 1. The summed E-state index contributed by atoms with van der Waals surface area (Å²) >= 11 is 0. The molecule has 1 amide bonds. The summed E-state index contributed by atoms with van der Waals surface area (Å²) < 4.78 is 0. The Labute approximate surface area is 121 Å². The molecule has 1 aliphatic rings. The van der Waals surface area contributed by atoms with Crippen LogP contribution >= 0.6 is 0 Å². The normalized spacial score (nSPS) is 16.4. The Hall–Kier alpha value is -1.42. The van der Waals surface area contributed by atoms with E-state index >= 15 is 0 Å². The first kappa shape index (κ1) is 15.0. The molecule has 1 fully saturated rings. The molecule has 0 aliphatic carbocycles. The van der Waals surface area contributed by atoms with E-state index in [1.165, 1.54) is 6.42 Å². The summed E-state index contributed by atoms with van der Waals surface area (Å²) in [4.78, 5) is 18.5. The molecule has 0 unspecified atom stereocenters. The Morgan fingerprint density at radius 1 is 1.40 bits per heavy atom. The fourth-order valence-corrected chi connectivity index (χ4v) is 2.76. The molecule has 0 radical (unpaired) electrons. The second-order valence-corrected chi connectivity index (χ2v) is 5.54. The summed E-state index contributed by atoms with van der Waals surface area (Å²) in [6, 6.07) is 5.86. The number of rotatable bonds is 6. The van der Waals surface area contributed by atoms with Crippen molar-refractivity contribution in [3.8, 4) is 0 Å². The number of hydrogen-bond donors (Lipinski definition) is 1. The second kappa shape index (κ2) is 8.00. The molecular formula is C16H25N3O. The van der Waals surface area contributed by atoms with Crippen LogP contribution in [0.3, 0.4) is 0 Å².